The van der Waals surface area contributed by atoms with E-state index in [0.717, 1.165) is 6.07 Å². The predicted molar refractivity (Wildman–Crippen MR) is 63.6 cm³/mol. The molecule has 1 aromatic heterocycles. The summed E-state index contributed by atoms with van der Waals surface area (Å²) >= 11 is 3.01. The monoisotopic (exact) mass is 299 g/mol. The van der Waals surface area contributed by atoms with E-state index in [-0.39, 0.29) is 15.4 Å². The molecule has 17 heavy (non-hydrogen) atoms. The molecular formula is C11H7BrFNO3. The Bertz CT molecular complexity index is 666. The number of pyridine rings is 1. The van der Waals surface area contributed by atoms with Crippen molar-refractivity contribution in [2.75, 3.05) is 7.11 Å². The highest BCUT2D eigenvalue weighted by Crippen LogP contribution is 2.20. The van der Waals surface area contributed by atoms with E-state index in [1.165, 1.54) is 19.4 Å². The van der Waals surface area contributed by atoms with Gasteiger partial charge in [0.25, 0.3) is 0 Å². The minimum atomic E-state index is -0.753. The first kappa shape index (κ1) is 11.8. The third kappa shape index (κ3) is 1.95. The molecule has 0 amide bonds. The minimum Gasteiger partial charge on any atom is -0.465 e. The van der Waals surface area contributed by atoms with Gasteiger partial charge in [-0.25, -0.2) is 9.18 Å². The van der Waals surface area contributed by atoms with Gasteiger partial charge in [0.1, 0.15) is 11.4 Å². The van der Waals surface area contributed by atoms with Crippen molar-refractivity contribution < 1.29 is 13.9 Å². The van der Waals surface area contributed by atoms with E-state index in [9.17, 15) is 14.0 Å². The lowest BCUT2D eigenvalue weighted by Gasteiger charge is -2.03. The van der Waals surface area contributed by atoms with Crippen LogP contribution in [-0.2, 0) is 4.74 Å². The van der Waals surface area contributed by atoms with Crippen molar-refractivity contribution in [1.29, 1.82) is 0 Å². The smallest absolute Gasteiger partial charge is 0.343 e. The van der Waals surface area contributed by atoms with E-state index in [1.54, 1.807) is 0 Å². The second-order valence-corrected chi connectivity index (χ2v) is 4.19. The Morgan fingerprint density at radius 2 is 2.18 bits per heavy atom. The molecule has 0 spiro atoms. The fourth-order valence-electron chi connectivity index (χ4n) is 1.48. The molecule has 0 saturated heterocycles. The van der Waals surface area contributed by atoms with Crippen molar-refractivity contribution in [3.63, 3.8) is 0 Å². The van der Waals surface area contributed by atoms with E-state index in [4.69, 9.17) is 0 Å². The first-order valence-corrected chi connectivity index (χ1v) is 5.42. The molecular weight excluding hydrogens is 293 g/mol. The van der Waals surface area contributed by atoms with E-state index >= 15 is 0 Å². The summed E-state index contributed by atoms with van der Waals surface area (Å²) in [4.78, 5) is 25.9. The van der Waals surface area contributed by atoms with Crippen LogP contribution in [0, 0.1) is 5.82 Å². The van der Waals surface area contributed by atoms with Crippen molar-refractivity contribution in [2.45, 2.75) is 0 Å². The summed E-state index contributed by atoms with van der Waals surface area (Å²) in [6.07, 6.45) is 1.25. The lowest BCUT2D eigenvalue weighted by molar-refractivity contribution is 0.0599. The van der Waals surface area contributed by atoms with Gasteiger partial charge in [-0.2, -0.15) is 0 Å². The molecule has 0 aliphatic carbocycles. The maximum atomic E-state index is 13.3. The maximum Gasteiger partial charge on any atom is 0.343 e. The van der Waals surface area contributed by atoms with Gasteiger partial charge in [0.2, 0.25) is 5.43 Å². The molecule has 6 heteroatoms. The molecule has 0 aliphatic rings. The number of H-pyrrole nitrogens is 1. The van der Waals surface area contributed by atoms with Crippen molar-refractivity contribution in [1.82, 2.24) is 4.98 Å². The molecule has 1 N–H and O–H groups in total. The van der Waals surface area contributed by atoms with Crippen LogP contribution in [0.5, 0.6) is 0 Å². The van der Waals surface area contributed by atoms with E-state index in [2.05, 4.69) is 25.7 Å². The molecule has 0 unspecified atom stereocenters. The Kier molecular flexibility index (Phi) is 2.97. The molecule has 0 saturated carbocycles. The van der Waals surface area contributed by atoms with E-state index in [1.807, 2.05) is 0 Å². The van der Waals surface area contributed by atoms with Crippen molar-refractivity contribution in [3.8, 4) is 0 Å². The van der Waals surface area contributed by atoms with Crippen molar-refractivity contribution in [3.05, 3.63) is 44.4 Å². The van der Waals surface area contributed by atoms with Gasteiger partial charge in [-0.15, -0.1) is 0 Å². The van der Waals surface area contributed by atoms with Gasteiger partial charge in [-0.1, -0.05) is 0 Å². The summed E-state index contributed by atoms with van der Waals surface area (Å²) < 4.78 is 18.0. The largest absolute Gasteiger partial charge is 0.465 e. The van der Waals surface area contributed by atoms with Gasteiger partial charge in [0, 0.05) is 11.6 Å². The first-order valence-electron chi connectivity index (χ1n) is 4.63. The fourth-order valence-corrected chi connectivity index (χ4v) is 1.82. The number of carbonyl (C=O) groups is 1. The number of fused-ring (bicyclic) bond motifs is 1. The zero-order valence-electron chi connectivity index (χ0n) is 8.71. The van der Waals surface area contributed by atoms with Crippen LogP contribution in [0.15, 0.2) is 27.6 Å². The first-order chi connectivity index (χ1) is 8.04. The number of benzene rings is 1. The summed E-state index contributed by atoms with van der Waals surface area (Å²) in [7, 11) is 1.17. The average Bonchev–Trinajstić information content (AvgIpc) is 2.31. The number of carbonyl (C=O) groups excluding carboxylic acids is 1. The summed E-state index contributed by atoms with van der Waals surface area (Å²) in [5.74, 6) is -1.32. The van der Waals surface area contributed by atoms with Crippen LogP contribution in [0.4, 0.5) is 4.39 Å². The second kappa shape index (κ2) is 4.29. The fraction of sp³-hybridized carbons (Fsp3) is 0.0909. The number of rotatable bonds is 1. The topological polar surface area (TPSA) is 59.2 Å². The van der Waals surface area contributed by atoms with Gasteiger partial charge in [-0.3, -0.25) is 4.79 Å². The van der Waals surface area contributed by atoms with Crippen LogP contribution in [0.2, 0.25) is 0 Å². The summed E-state index contributed by atoms with van der Waals surface area (Å²) in [5, 5.41) is 0.105. The quantitative estimate of drug-likeness (QED) is 0.822. The Labute approximate surface area is 104 Å². The SMILES string of the molecule is COC(=O)c1c[nH]c2cc(Br)c(F)cc2c1=O. The Morgan fingerprint density at radius 1 is 1.47 bits per heavy atom. The molecule has 0 radical (unpaired) electrons. The maximum absolute atomic E-state index is 13.3. The standard InChI is InChI=1S/C11H7BrFNO3/c1-17-11(16)6-4-14-9-3-7(12)8(13)2-5(9)10(6)15/h2-4H,1H3,(H,14,15). The van der Waals surface area contributed by atoms with Crippen LogP contribution in [0.25, 0.3) is 10.9 Å². The van der Waals surface area contributed by atoms with Gasteiger partial charge >= 0.3 is 5.97 Å². The highest BCUT2D eigenvalue weighted by Gasteiger charge is 2.14. The molecule has 1 aromatic carbocycles. The van der Waals surface area contributed by atoms with Crippen LogP contribution in [0.3, 0.4) is 0 Å². The summed E-state index contributed by atoms with van der Waals surface area (Å²) in [6.45, 7) is 0. The van der Waals surface area contributed by atoms with E-state index < -0.39 is 17.2 Å². The second-order valence-electron chi connectivity index (χ2n) is 3.33. The van der Waals surface area contributed by atoms with Gasteiger partial charge in [-0.05, 0) is 28.1 Å². The normalized spacial score (nSPS) is 10.5. The number of hydrogen-bond acceptors (Lipinski definition) is 3. The molecule has 0 atom stereocenters. The van der Waals surface area contributed by atoms with E-state index in [0.29, 0.717) is 5.52 Å². The molecule has 0 aliphatic heterocycles. The van der Waals surface area contributed by atoms with Gasteiger partial charge in [0.15, 0.2) is 0 Å². The lowest BCUT2D eigenvalue weighted by Crippen LogP contribution is -2.17. The molecule has 4 nitrogen and oxygen atoms in total. The van der Waals surface area contributed by atoms with Crippen molar-refractivity contribution in [2.24, 2.45) is 0 Å². The summed E-state index contributed by atoms with van der Waals surface area (Å²) in [6, 6.07) is 2.51. The highest BCUT2D eigenvalue weighted by atomic mass is 79.9. The number of hydrogen-bond donors (Lipinski definition) is 1. The van der Waals surface area contributed by atoms with Gasteiger partial charge in [0.05, 0.1) is 17.1 Å². The average molecular weight is 300 g/mol. The molecule has 2 rings (SSSR count). The van der Waals surface area contributed by atoms with Crippen LogP contribution in [-0.4, -0.2) is 18.1 Å². The Morgan fingerprint density at radius 3 is 2.82 bits per heavy atom. The molecule has 88 valence electrons. The number of nitrogens with one attached hydrogen (secondary N) is 1. The Hall–Kier alpha value is -1.69. The number of methoxy groups -OCH3 is 1. The summed E-state index contributed by atoms with van der Waals surface area (Å²) in [5.41, 5.74) is -0.269. The Balaban J connectivity index is 2.80. The zero-order chi connectivity index (χ0) is 12.6. The molecule has 1 heterocycles. The van der Waals surface area contributed by atoms with Crippen LogP contribution in [0.1, 0.15) is 10.4 Å². The third-order valence-corrected chi connectivity index (χ3v) is 2.93. The van der Waals surface area contributed by atoms with Crippen LogP contribution >= 0.6 is 15.9 Å². The number of ether oxygens (including phenoxy) is 1. The van der Waals surface area contributed by atoms with Crippen LogP contribution < -0.4 is 5.43 Å². The molecule has 0 fully saturated rings. The molecule has 0 bridgehead atoms. The number of aromatic amines is 1. The zero-order valence-corrected chi connectivity index (χ0v) is 10.3. The predicted octanol–water partition coefficient (Wildman–Crippen LogP) is 2.22. The lowest BCUT2D eigenvalue weighted by atomic mass is 10.1. The number of aromatic nitrogens is 1. The highest BCUT2D eigenvalue weighted by molar-refractivity contribution is 9.10. The minimum absolute atomic E-state index is 0.105. The third-order valence-electron chi connectivity index (χ3n) is 2.33. The number of esters is 1. The molecule has 2 aromatic rings. The van der Waals surface area contributed by atoms with Gasteiger partial charge < -0.3 is 9.72 Å². The van der Waals surface area contributed by atoms with Crippen molar-refractivity contribution >= 4 is 32.8 Å². The number of halogens is 2.